The molecule has 0 radical (unpaired) electrons. The number of anilines is 1. The molecule has 2 N–H and O–H groups in total. The Hall–Kier alpha value is -2.86. The molecule has 0 aliphatic heterocycles. The van der Waals surface area contributed by atoms with Gasteiger partial charge in [0.25, 0.3) is 5.91 Å². The fourth-order valence-electron chi connectivity index (χ4n) is 2.71. The van der Waals surface area contributed by atoms with Crippen molar-refractivity contribution in [1.82, 2.24) is 5.43 Å². The highest BCUT2D eigenvalue weighted by molar-refractivity contribution is 5.99. The highest BCUT2D eigenvalue weighted by Gasteiger charge is 2.07. The summed E-state index contributed by atoms with van der Waals surface area (Å²) in [6, 6.07) is 11.8. The molecule has 0 aromatic heterocycles. The smallest absolute Gasteiger partial charge is 0.259 e. The number of ether oxygens (including phenoxy) is 2. The minimum absolute atomic E-state index is 0.151. The van der Waals surface area contributed by atoms with Crippen molar-refractivity contribution < 1.29 is 14.3 Å². The van der Waals surface area contributed by atoms with Crippen LogP contribution in [0.2, 0.25) is 0 Å². The number of methoxy groups -OCH3 is 2. The van der Waals surface area contributed by atoms with Gasteiger partial charge in [0.1, 0.15) is 5.75 Å². The van der Waals surface area contributed by atoms with E-state index in [0.717, 1.165) is 28.1 Å². The molecule has 0 spiro atoms. The number of nitrogens with zero attached hydrogens (tertiary/aromatic N) is 1. The average molecular weight is 369 g/mol. The molecule has 27 heavy (non-hydrogen) atoms. The summed E-state index contributed by atoms with van der Waals surface area (Å²) in [5.74, 6) is 0.551. The molecule has 2 aromatic carbocycles. The van der Waals surface area contributed by atoms with Gasteiger partial charge in [-0.2, -0.15) is 5.10 Å². The molecule has 6 nitrogen and oxygen atoms in total. The molecule has 0 aliphatic rings. The van der Waals surface area contributed by atoms with Gasteiger partial charge in [0, 0.05) is 18.4 Å². The molecule has 0 atom stereocenters. The summed E-state index contributed by atoms with van der Waals surface area (Å²) >= 11 is 0. The van der Waals surface area contributed by atoms with E-state index in [-0.39, 0.29) is 12.5 Å². The topological polar surface area (TPSA) is 72.0 Å². The first kappa shape index (κ1) is 20.5. The fourth-order valence-corrected chi connectivity index (χ4v) is 2.71. The van der Waals surface area contributed by atoms with Crippen LogP contribution in [0.3, 0.4) is 0 Å². The second kappa shape index (κ2) is 9.73. The predicted molar refractivity (Wildman–Crippen MR) is 108 cm³/mol. The largest absolute Gasteiger partial charge is 0.496 e. The lowest BCUT2D eigenvalue weighted by atomic mass is 10.1. The molecule has 6 heteroatoms. The second-order valence-electron chi connectivity index (χ2n) is 6.36. The second-order valence-corrected chi connectivity index (χ2v) is 6.36. The van der Waals surface area contributed by atoms with Crippen LogP contribution in [-0.2, 0) is 16.1 Å². The number of nitrogens with one attached hydrogen (secondary N) is 2. The molecule has 0 saturated carbocycles. The van der Waals surface area contributed by atoms with Crippen LogP contribution in [0.15, 0.2) is 41.5 Å². The maximum Gasteiger partial charge on any atom is 0.259 e. The summed E-state index contributed by atoms with van der Waals surface area (Å²) in [6.07, 6.45) is 0. The third kappa shape index (κ3) is 5.82. The van der Waals surface area contributed by atoms with E-state index >= 15 is 0 Å². The van der Waals surface area contributed by atoms with Gasteiger partial charge in [0.15, 0.2) is 0 Å². The van der Waals surface area contributed by atoms with E-state index in [1.165, 1.54) is 5.56 Å². The number of amides is 1. The van der Waals surface area contributed by atoms with Crippen molar-refractivity contribution in [2.75, 3.05) is 26.1 Å². The summed E-state index contributed by atoms with van der Waals surface area (Å²) in [7, 11) is 3.26. The Morgan fingerprint density at radius 2 is 1.89 bits per heavy atom. The van der Waals surface area contributed by atoms with Gasteiger partial charge in [-0.1, -0.05) is 17.7 Å². The zero-order valence-corrected chi connectivity index (χ0v) is 16.6. The molecule has 144 valence electrons. The van der Waals surface area contributed by atoms with Crippen molar-refractivity contribution >= 4 is 17.3 Å². The average Bonchev–Trinajstić information content (AvgIpc) is 2.65. The summed E-state index contributed by atoms with van der Waals surface area (Å²) in [5, 5.41) is 7.33. The van der Waals surface area contributed by atoms with E-state index < -0.39 is 0 Å². The fraction of sp³-hybridized carbons (Fsp3) is 0.333. The molecule has 2 aromatic rings. The number of aryl methyl sites for hydroxylation is 2. The van der Waals surface area contributed by atoms with E-state index in [2.05, 4.69) is 21.9 Å². The van der Waals surface area contributed by atoms with Crippen LogP contribution in [-0.4, -0.2) is 32.4 Å². The number of hydrogen-bond acceptors (Lipinski definition) is 5. The first-order valence-electron chi connectivity index (χ1n) is 8.75. The monoisotopic (exact) mass is 369 g/mol. The molecular formula is C21H27N3O3. The Balaban J connectivity index is 1.97. The van der Waals surface area contributed by atoms with Gasteiger partial charge in [0.05, 0.1) is 26.0 Å². The van der Waals surface area contributed by atoms with E-state index in [9.17, 15) is 4.79 Å². The van der Waals surface area contributed by atoms with Crippen molar-refractivity contribution in [1.29, 1.82) is 0 Å². The van der Waals surface area contributed by atoms with Gasteiger partial charge in [-0.15, -0.1) is 0 Å². The number of benzene rings is 2. The third-order valence-electron chi connectivity index (χ3n) is 4.17. The number of hydrazone groups is 1. The van der Waals surface area contributed by atoms with Crippen LogP contribution in [0.5, 0.6) is 5.75 Å². The number of rotatable bonds is 8. The minimum atomic E-state index is -0.208. The zero-order chi connectivity index (χ0) is 19.8. The molecular weight excluding hydrogens is 342 g/mol. The molecule has 0 heterocycles. The Labute approximate surface area is 160 Å². The molecule has 0 unspecified atom stereocenters. The van der Waals surface area contributed by atoms with Crippen molar-refractivity contribution in [3.8, 4) is 5.75 Å². The summed E-state index contributed by atoms with van der Waals surface area (Å²) in [5.41, 5.74) is 8.34. The Kier molecular flexibility index (Phi) is 7.37. The first-order chi connectivity index (χ1) is 12.9. The SMILES string of the molecule is COCc1cc(/C(C)=N\NC(=O)CNc2ccc(C)cc2C)ccc1OC. The van der Waals surface area contributed by atoms with E-state index in [4.69, 9.17) is 9.47 Å². The molecule has 0 bridgehead atoms. The molecule has 1 amide bonds. The number of carbonyl (C=O) groups excluding carboxylic acids is 1. The lowest BCUT2D eigenvalue weighted by Gasteiger charge is -2.11. The molecule has 2 rings (SSSR count). The van der Waals surface area contributed by atoms with Crippen molar-refractivity contribution in [3.05, 3.63) is 58.7 Å². The van der Waals surface area contributed by atoms with E-state index in [1.807, 2.05) is 51.1 Å². The molecule has 0 aliphatic carbocycles. The van der Waals surface area contributed by atoms with Gasteiger partial charge in [0.2, 0.25) is 0 Å². The van der Waals surface area contributed by atoms with Crippen LogP contribution in [0.25, 0.3) is 0 Å². The maximum absolute atomic E-state index is 12.1. The van der Waals surface area contributed by atoms with Crippen molar-refractivity contribution in [2.45, 2.75) is 27.4 Å². The van der Waals surface area contributed by atoms with Crippen LogP contribution in [0.4, 0.5) is 5.69 Å². The van der Waals surface area contributed by atoms with Crippen LogP contribution < -0.4 is 15.5 Å². The Bertz CT molecular complexity index is 831. The van der Waals surface area contributed by atoms with Gasteiger partial charge in [-0.3, -0.25) is 4.79 Å². The third-order valence-corrected chi connectivity index (χ3v) is 4.17. The summed E-state index contributed by atoms with van der Waals surface area (Å²) in [6.45, 7) is 6.49. The van der Waals surface area contributed by atoms with Gasteiger partial charge in [-0.25, -0.2) is 5.43 Å². The van der Waals surface area contributed by atoms with Crippen molar-refractivity contribution in [2.24, 2.45) is 5.10 Å². The van der Waals surface area contributed by atoms with Crippen LogP contribution in [0.1, 0.15) is 29.2 Å². The quantitative estimate of drug-likeness (QED) is 0.552. The van der Waals surface area contributed by atoms with Crippen molar-refractivity contribution in [3.63, 3.8) is 0 Å². The van der Waals surface area contributed by atoms with E-state index in [1.54, 1.807) is 14.2 Å². The normalized spacial score (nSPS) is 11.2. The summed E-state index contributed by atoms with van der Waals surface area (Å²) < 4.78 is 10.5. The standard InChI is InChI=1S/C21H27N3O3/c1-14-6-8-19(15(2)10-14)22-12-21(25)24-23-16(3)17-7-9-20(27-5)18(11-17)13-26-4/h6-11,22H,12-13H2,1-5H3,(H,24,25)/b23-16-. The van der Waals surface area contributed by atoms with E-state index in [0.29, 0.717) is 12.3 Å². The Morgan fingerprint density at radius 3 is 2.56 bits per heavy atom. The minimum Gasteiger partial charge on any atom is -0.496 e. The number of carbonyl (C=O) groups is 1. The maximum atomic E-state index is 12.1. The lowest BCUT2D eigenvalue weighted by molar-refractivity contribution is -0.119. The van der Waals surface area contributed by atoms with Crippen LogP contribution >= 0.6 is 0 Å². The van der Waals surface area contributed by atoms with Gasteiger partial charge >= 0.3 is 0 Å². The molecule has 0 saturated heterocycles. The highest BCUT2D eigenvalue weighted by Crippen LogP contribution is 2.21. The zero-order valence-electron chi connectivity index (χ0n) is 16.6. The van der Waals surface area contributed by atoms with Gasteiger partial charge < -0.3 is 14.8 Å². The first-order valence-corrected chi connectivity index (χ1v) is 8.75. The molecule has 0 fully saturated rings. The lowest BCUT2D eigenvalue weighted by Crippen LogP contribution is -2.27. The van der Waals surface area contributed by atoms with Gasteiger partial charge in [-0.05, 0) is 56.2 Å². The van der Waals surface area contributed by atoms with Crippen LogP contribution in [0, 0.1) is 13.8 Å². The highest BCUT2D eigenvalue weighted by atomic mass is 16.5. The number of hydrogen-bond donors (Lipinski definition) is 2. The predicted octanol–water partition coefficient (Wildman–Crippen LogP) is 3.41. The summed E-state index contributed by atoms with van der Waals surface area (Å²) in [4.78, 5) is 12.1. The Morgan fingerprint density at radius 1 is 1.11 bits per heavy atom.